The van der Waals surface area contributed by atoms with Gasteiger partial charge in [-0.3, -0.25) is 10.1 Å². The Morgan fingerprint density at radius 3 is 2.52 bits per heavy atom. The van der Waals surface area contributed by atoms with Gasteiger partial charge < -0.3 is 4.74 Å². The monoisotopic (exact) mass is 428 g/mol. The third-order valence-corrected chi connectivity index (χ3v) is 5.85. The van der Waals surface area contributed by atoms with E-state index in [0.717, 1.165) is 33.5 Å². The van der Waals surface area contributed by atoms with Crippen LogP contribution in [0.2, 0.25) is 0 Å². The van der Waals surface area contributed by atoms with E-state index >= 15 is 0 Å². The lowest BCUT2D eigenvalue weighted by Gasteiger charge is -2.08. The molecule has 31 heavy (non-hydrogen) atoms. The molecule has 0 spiro atoms. The van der Waals surface area contributed by atoms with E-state index < -0.39 is 0 Å². The van der Waals surface area contributed by atoms with Crippen molar-refractivity contribution in [2.75, 3.05) is 11.9 Å². The highest BCUT2D eigenvalue weighted by Gasteiger charge is 2.15. The number of carbonyl (C=O) groups excluding carboxylic acids is 1. The van der Waals surface area contributed by atoms with Crippen molar-refractivity contribution in [2.45, 2.75) is 20.3 Å². The van der Waals surface area contributed by atoms with Crippen molar-refractivity contribution in [3.05, 3.63) is 89.5 Å². The third kappa shape index (κ3) is 5.01. The fourth-order valence-corrected chi connectivity index (χ4v) is 4.22. The average Bonchev–Trinajstić information content (AvgIpc) is 3.20. The highest BCUT2D eigenvalue weighted by Crippen LogP contribution is 2.29. The van der Waals surface area contributed by atoms with Crippen LogP contribution in [0.5, 0.6) is 5.75 Å². The zero-order valence-corrected chi connectivity index (χ0v) is 18.4. The number of anilines is 1. The molecule has 4 aromatic rings. The van der Waals surface area contributed by atoms with Gasteiger partial charge in [-0.2, -0.15) is 0 Å². The molecule has 0 radical (unpaired) electrons. The van der Waals surface area contributed by atoms with E-state index in [1.807, 2.05) is 73.7 Å². The van der Waals surface area contributed by atoms with Crippen molar-refractivity contribution >= 4 is 44.2 Å². The quantitative estimate of drug-likeness (QED) is 0.272. The van der Waals surface area contributed by atoms with Crippen LogP contribution in [-0.2, 0) is 11.2 Å². The number of carbonyl (C=O) groups is 1. The van der Waals surface area contributed by atoms with Crippen molar-refractivity contribution in [1.82, 2.24) is 4.98 Å². The molecule has 1 N–H and O–H groups in total. The van der Waals surface area contributed by atoms with Crippen LogP contribution in [0.4, 0.5) is 5.13 Å². The summed E-state index contributed by atoms with van der Waals surface area (Å²) < 4.78 is 6.59. The number of aromatic nitrogens is 1. The predicted molar refractivity (Wildman–Crippen MR) is 130 cm³/mol. The van der Waals surface area contributed by atoms with E-state index in [0.29, 0.717) is 17.3 Å². The number of hydrogen-bond acceptors (Lipinski definition) is 4. The summed E-state index contributed by atoms with van der Waals surface area (Å²) in [5, 5.41) is 3.59. The molecule has 0 aliphatic carbocycles. The molecule has 0 aliphatic heterocycles. The van der Waals surface area contributed by atoms with Crippen LogP contribution in [0.25, 0.3) is 21.9 Å². The van der Waals surface area contributed by atoms with Crippen molar-refractivity contribution in [3.8, 4) is 5.75 Å². The Hall–Kier alpha value is -3.44. The molecular weight excluding hydrogens is 404 g/mol. The second kappa shape index (κ2) is 9.58. The maximum absolute atomic E-state index is 13.2. The first-order valence-corrected chi connectivity index (χ1v) is 11.2. The molecule has 0 atom stereocenters. The van der Waals surface area contributed by atoms with Crippen LogP contribution in [0, 0.1) is 0 Å². The van der Waals surface area contributed by atoms with Crippen LogP contribution in [0.1, 0.15) is 30.5 Å². The number of rotatable bonds is 7. The lowest BCUT2D eigenvalue weighted by molar-refractivity contribution is -0.111. The molecule has 0 saturated heterocycles. The number of aryl methyl sites for hydroxylation is 1. The SMILES string of the molecule is CCOc1ccc(/C=C(/C(=O)Nc2nc3ccc(CC)cc3s2)c2ccccc2)cc1. The lowest BCUT2D eigenvalue weighted by Crippen LogP contribution is -2.13. The first-order chi connectivity index (χ1) is 15.2. The number of hydrogen-bond donors (Lipinski definition) is 1. The second-order valence-corrected chi connectivity index (χ2v) is 8.09. The molecule has 1 aromatic heterocycles. The molecule has 0 aliphatic rings. The Morgan fingerprint density at radius 2 is 1.81 bits per heavy atom. The van der Waals surface area contributed by atoms with Gasteiger partial charge in [0.1, 0.15) is 5.75 Å². The second-order valence-electron chi connectivity index (χ2n) is 7.05. The van der Waals surface area contributed by atoms with Crippen molar-refractivity contribution in [2.24, 2.45) is 0 Å². The number of ether oxygens (including phenoxy) is 1. The van der Waals surface area contributed by atoms with Gasteiger partial charge in [0.05, 0.1) is 16.8 Å². The van der Waals surface area contributed by atoms with Crippen molar-refractivity contribution < 1.29 is 9.53 Å². The van der Waals surface area contributed by atoms with Gasteiger partial charge in [-0.05, 0) is 60.4 Å². The van der Waals surface area contributed by atoms with Gasteiger partial charge in [-0.1, -0.05) is 66.8 Å². The van der Waals surface area contributed by atoms with Gasteiger partial charge in [0.2, 0.25) is 0 Å². The van der Waals surface area contributed by atoms with Gasteiger partial charge in [-0.25, -0.2) is 4.98 Å². The fraction of sp³-hybridized carbons (Fsp3) is 0.154. The molecule has 0 unspecified atom stereocenters. The number of benzene rings is 3. The minimum Gasteiger partial charge on any atom is -0.494 e. The average molecular weight is 429 g/mol. The lowest BCUT2D eigenvalue weighted by atomic mass is 10.0. The van der Waals surface area contributed by atoms with Gasteiger partial charge in [-0.15, -0.1) is 0 Å². The first-order valence-electron chi connectivity index (χ1n) is 10.4. The number of thiazole rings is 1. The largest absolute Gasteiger partial charge is 0.494 e. The Bertz CT molecular complexity index is 1210. The molecular formula is C26H24N2O2S. The summed E-state index contributed by atoms with van der Waals surface area (Å²) in [4.78, 5) is 17.8. The fourth-order valence-electron chi connectivity index (χ4n) is 3.30. The minimum absolute atomic E-state index is 0.185. The highest BCUT2D eigenvalue weighted by atomic mass is 32.1. The van der Waals surface area contributed by atoms with Crippen LogP contribution < -0.4 is 10.1 Å². The Balaban J connectivity index is 1.64. The molecule has 0 bridgehead atoms. The zero-order valence-electron chi connectivity index (χ0n) is 17.6. The van der Waals surface area contributed by atoms with Gasteiger partial charge >= 0.3 is 0 Å². The number of amides is 1. The summed E-state index contributed by atoms with van der Waals surface area (Å²) in [6.07, 6.45) is 2.86. The number of nitrogens with zero attached hydrogens (tertiary/aromatic N) is 1. The summed E-state index contributed by atoms with van der Waals surface area (Å²) in [6, 6.07) is 23.6. The Labute approximate surface area is 186 Å². The smallest absolute Gasteiger partial charge is 0.258 e. The Kier molecular flexibility index (Phi) is 6.43. The van der Waals surface area contributed by atoms with E-state index in [1.165, 1.54) is 16.9 Å². The summed E-state index contributed by atoms with van der Waals surface area (Å²) in [5.74, 6) is 0.626. The van der Waals surface area contributed by atoms with Gasteiger partial charge in [0.25, 0.3) is 5.91 Å². The van der Waals surface area contributed by atoms with Gasteiger partial charge in [0, 0.05) is 5.57 Å². The Morgan fingerprint density at radius 1 is 1.03 bits per heavy atom. The van der Waals surface area contributed by atoms with E-state index in [-0.39, 0.29) is 5.91 Å². The molecule has 4 nitrogen and oxygen atoms in total. The van der Waals surface area contributed by atoms with Crippen LogP contribution in [0.3, 0.4) is 0 Å². The van der Waals surface area contributed by atoms with Crippen LogP contribution >= 0.6 is 11.3 Å². The molecule has 1 heterocycles. The molecule has 0 saturated carbocycles. The van der Waals surface area contributed by atoms with E-state index in [2.05, 4.69) is 29.4 Å². The number of fused-ring (bicyclic) bond motifs is 1. The van der Waals surface area contributed by atoms with E-state index in [9.17, 15) is 4.79 Å². The third-order valence-electron chi connectivity index (χ3n) is 4.91. The zero-order chi connectivity index (χ0) is 21.6. The maximum Gasteiger partial charge on any atom is 0.258 e. The van der Waals surface area contributed by atoms with Crippen molar-refractivity contribution in [1.29, 1.82) is 0 Å². The molecule has 156 valence electrons. The van der Waals surface area contributed by atoms with Crippen LogP contribution in [-0.4, -0.2) is 17.5 Å². The van der Waals surface area contributed by atoms with Crippen molar-refractivity contribution in [3.63, 3.8) is 0 Å². The molecule has 0 fully saturated rings. The van der Waals surface area contributed by atoms with Gasteiger partial charge in [0.15, 0.2) is 5.13 Å². The molecule has 4 rings (SSSR count). The topological polar surface area (TPSA) is 51.2 Å². The summed E-state index contributed by atoms with van der Waals surface area (Å²) in [5.41, 5.74) is 4.51. The standard InChI is InChI=1S/C26H24N2O2S/c1-3-18-12-15-23-24(17-18)31-26(27-23)28-25(29)22(20-8-6-5-7-9-20)16-19-10-13-21(14-11-19)30-4-2/h5-17H,3-4H2,1-2H3,(H,27,28,29)/b22-16+. The molecule has 3 aromatic carbocycles. The summed E-state index contributed by atoms with van der Waals surface area (Å²) in [7, 11) is 0. The maximum atomic E-state index is 13.2. The number of nitrogens with one attached hydrogen (secondary N) is 1. The normalized spacial score (nSPS) is 11.5. The summed E-state index contributed by atoms with van der Waals surface area (Å²) in [6.45, 7) is 4.70. The van der Waals surface area contributed by atoms with Crippen LogP contribution in [0.15, 0.2) is 72.8 Å². The minimum atomic E-state index is -0.185. The molecule has 1 amide bonds. The predicted octanol–water partition coefficient (Wildman–Crippen LogP) is 6.44. The first kappa shape index (κ1) is 20.8. The van der Waals surface area contributed by atoms with E-state index in [1.54, 1.807) is 0 Å². The highest BCUT2D eigenvalue weighted by molar-refractivity contribution is 7.22. The van der Waals surface area contributed by atoms with E-state index in [4.69, 9.17) is 4.74 Å². The molecule has 5 heteroatoms. The summed E-state index contributed by atoms with van der Waals surface area (Å²) >= 11 is 1.49.